The second-order valence-electron chi connectivity index (χ2n) is 5.19. The van der Waals surface area contributed by atoms with Gasteiger partial charge in [-0.15, -0.1) is 0 Å². The van der Waals surface area contributed by atoms with E-state index >= 15 is 0 Å². The molecule has 104 valence electrons. The van der Waals surface area contributed by atoms with Crippen molar-refractivity contribution in [1.29, 1.82) is 0 Å². The number of likely N-dealkylation sites (N-methyl/N-ethyl adjacent to an activating group) is 2. The van der Waals surface area contributed by atoms with Crippen molar-refractivity contribution in [2.75, 3.05) is 23.9 Å². The number of rotatable bonds is 0. The van der Waals surface area contributed by atoms with E-state index in [9.17, 15) is 9.59 Å². The summed E-state index contributed by atoms with van der Waals surface area (Å²) in [6.45, 7) is 3.62. The largest absolute Gasteiger partial charge is 0.361 e. The Hall–Kier alpha value is -2.37. The summed E-state index contributed by atoms with van der Waals surface area (Å²) in [5, 5.41) is 0.497. The molecule has 6 heteroatoms. The van der Waals surface area contributed by atoms with Gasteiger partial charge in [0.1, 0.15) is 11.9 Å². The van der Waals surface area contributed by atoms with Gasteiger partial charge < -0.3 is 14.8 Å². The van der Waals surface area contributed by atoms with Crippen LogP contribution in [0.3, 0.4) is 0 Å². The van der Waals surface area contributed by atoms with Crippen LogP contribution < -0.4 is 15.4 Å². The molecular weight excluding hydrogens is 256 g/mol. The molecule has 0 bridgehead atoms. The molecule has 20 heavy (non-hydrogen) atoms. The highest BCUT2D eigenvalue weighted by Gasteiger charge is 2.31. The van der Waals surface area contributed by atoms with E-state index in [-0.39, 0.29) is 17.5 Å². The molecule has 1 aromatic carbocycles. The number of hydrogen-bond donors (Lipinski definition) is 1. The lowest BCUT2D eigenvalue weighted by Crippen LogP contribution is -2.49. The van der Waals surface area contributed by atoms with Gasteiger partial charge in [0, 0.05) is 14.1 Å². The fourth-order valence-electron chi connectivity index (χ4n) is 2.60. The Kier molecular flexibility index (Phi) is 2.57. The normalized spacial score (nSPS) is 18.6. The summed E-state index contributed by atoms with van der Waals surface area (Å²) < 4.78 is 0. The molecule has 0 radical (unpaired) electrons. The maximum atomic E-state index is 12.2. The smallest absolute Gasteiger partial charge is 0.258 e. The molecule has 1 N–H and O–H groups in total. The summed E-state index contributed by atoms with van der Waals surface area (Å²) in [7, 11) is 3.60. The molecule has 1 aliphatic rings. The van der Waals surface area contributed by atoms with Gasteiger partial charge >= 0.3 is 0 Å². The molecule has 1 aliphatic heterocycles. The monoisotopic (exact) mass is 272 g/mol. The summed E-state index contributed by atoms with van der Waals surface area (Å²) in [5.41, 5.74) is 2.10. The van der Waals surface area contributed by atoms with Crippen molar-refractivity contribution >= 4 is 28.2 Å². The highest BCUT2D eigenvalue weighted by molar-refractivity contribution is 6.07. The zero-order chi connectivity index (χ0) is 14.6. The van der Waals surface area contributed by atoms with Crippen molar-refractivity contribution < 1.29 is 4.79 Å². The zero-order valence-corrected chi connectivity index (χ0v) is 11.9. The molecule has 2 heterocycles. The van der Waals surface area contributed by atoms with Crippen LogP contribution >= 0.6 is 0 Å². The van der Waals surface area contributed by atoms with Crippen LogP contribution in [0.5, 0.6) is 0 Å². The maximum absolute atomic E-state index is 12.2. The van der Waals surface area contributed by atoms with Gasteiger partial charge in [0.05, 0.1) is 22.3 Å². The third kappa shape index (κ3) is 1.61. The van der Waals surface area contributed by atoms with Crippen molar-refractivity contribution in [2.45, 2.75) is 19.9 Å². The molecule has 2 aromatic rings. The predicted molar refractivity (Wildman–Crippen MR) is 78.4 cm³/mol. The van der Waals surface area contributed by atoms with Crippen LogP contribution in [-0.2, 0) is 4.79 Å². The molecule has 1 atom stereocenters. The number of aryl methyl sites for hydroxylation is 1. The molecule has 0 saturated carbocycles. The number of carbonyl (C=O) groups is 1. The first-order valence-corrected chi connectivity index (χ1v) is 6.45. The highest BCUT2D eigenvalue weighted by Crippen LogP contribution is 2.36. The van der Waals surface area contributed by atoms with Crippen LogP contribution in [0.1, 0.15) is 12.7 Å². The van der Waals surface area contributed by atoms with Crippen molar-refractivity contribution in [1.82, 2.24) is 9.97 Å². The van der Waals surface area contributed by atoms with Gasteiger partial charge in [-0.3, -0.25) is 9.59 Å². The lowest BCUT2D eigenvalue weighted by molar-refractivity contribution is -0.119. The fraction of sp³-hybridized carbons (Fsp3) is 0.357. The van der Waals surface area contributed by atoms with Gasteiger partial charge in [0.15, 0.2) is 0 Å². The van der Waals surface area contributed by atoms with Gasteiger partial charge in [-0.2, -0.15) is 0 Å². The van der Waals surface area contributed by atoms with Crippen molar-refractivity contribution in [3.63, 3.8) is 0 Å². The van der Waals surface area contributed by atoms with Crippen LogP contribution in [0.25, 0.3) is 10.9 Å². The van der Waals surface area contributed by atoms with Gasteiger partial charge in [-0.1, -0.05) is 0 Å². The van der Waals surface area contributed by atoms with Crippen molar-refractivity contribution in [3.05, 3.63) is 28.3 Å². The van der Waals surface area contributed by atoms with Gasteiger partial charge in [0.25, 0.3) is 5.56 Å². The van der Waals surface area contributed by atoms with Gasteiger partial charge in [-0.25, -0.2) is 4.98 Å². The quantitative estimate of drug-likeness (QED) is 0.777. The minimum absolute atomic E-state index is 0.0100. The van der Waals surface area contributed by atoms with Crippen LogP contribution in [0.4, 0.5) is 11.4 Å². The molecule has 0 fully saturated rings. The lowest BCUT2D eigenvalue weighted by atomic mass is 10.1. The number of hydrogen-bond acceptors (Lipinski definition) is 4. The first kappa shape index (κ1) is 12.7. The van der Waals surface area contributed by atoms with Crippen molar-refractivity contribution in [3.8, 4) is 0 Å². The SMILES string of the molecule is Cc1nc2cc3c(cc2c(=O)[nH]1)N(C)C(=O)[C@@H](C)N3C. The highest BCUT2D eigenvalue weighted by atomic mass is 16.2. The number of nitrogens with zero attached hydrogens (tertiary/aromatic N) is 3. The number of benzene rings is 1. The first-order valence-electron chi connectivity index (χ1n) is 6.45. The topological polar surface area (TPSA) is 69.3 Å². The Morgan fingerprint density at radius 2 is 1.90 bits per heavy atom. The minimum atomic E-state index is -0.229. The fourth-order valence-corrected chi connectivity index (χ4v) is 2.60. The molecule has 1 amide bonds. The Labute approximate surface area is 116 Å². The Bertz CT molecular complexity index is 781. The van der Waals surface area contributed by atoms with Crippen LogP contribution in [0, 0.1) is 6.92 Å². The second-order valence-corrected chi connectivity index (χ2v) is 5.19. The molecule has 1 aromatic heterocycles. The van der Waals surface area contributed by atoms with Crippen LogP contribution in [-0.4, -0.2) is 36.0 Å². The van der Waals surface area contributed by atoms with Crippen molar-refractivity contribution in [2.24, 2.45) is 0 Å². The molecule has 0 spiro atoms. The predicted octanol–water partition coefficient (Wildman–Crippen LogP) is 1.03. The summed E-state index contributed by atoms with van der Waals surface area (Å²) in [6, 6.07) is 3.37. The molecular formula is C14H16N4O2. The number of anilines is 2. The Morgan fingerprint density at radius 3 is 2.60 bits per heavy atom. The molecule has 6 nitrogen and oxygen atoms in total. The van der Waals surface area contributed by atoms with E-state index in [4.69, 9.17) is 0 Å². The van der Waals surface area contributed by atoms with E-state index in [1.165, 1.54) is 0 Å². The maximum Gasteiger partial charge on any atom is 0.258 e. The van der Waals surface area contributed by atoms with E-state index in [0.29, 0.717) is 16.7 Å². The first-order chi connectivity index (χ1) is 9.40. The van der Waals surface area contributed by atoms with Crippen LogP contribution in [0.15, 0.2) is 16.9 Å². The summed E-state index contributed by atoms with van der Waals surface area (Å²) in [5.74, 6) is 0.592. The molecule has 0 saturated heterocycles. The van der Waals surface area contributed by atoms with Gasteiger partial charge in [0.2, 0.25) is 5.91 Å². The van der Waals surface area contributed by atoms with E-state index in [0.717, 1.165) is 11.4 Å². The standard InChI is InChI=1S/C14H16N4O2/c1-7-14(20)18(4)11-5-9-10(6-12(11)17(7)3)15-8(2)16-13(9)19/h5-7H,1-4H3,(H,15,16,19)/t7-/m1/s1. The number of carbonyl (C=O) groups excluding carboxylic acids is 1. The van der Waals surface area contributed by atoms with E-state index in [2.05, 4.69) is 9.97 Å². The molecule has 0 unspecified atom stereocenters. The number of H-pyrrole nitrogens is 1. The zero-order valence-electron chi connectivity index (χ0n) is 11.9. The number of fused-ring (bicyclic) bond motifs is 2. The average molecular weight is 272 g/mol. The third-order valence-corrected chi connectivity index (χ3v) is 3.93. The van der Waals surface area contributed by atoms with E-state index < -0.39 is 0 Å². The molecule has 3 rings (SSSR count). The van der Waals surface area contributed by atoms with E-state index in [1.54, 1.807) is 24.9 Å². The minimum Gasteiger partial charge on any atom is -0.361 e. The average Bonchev–Trinajstić information content (AvgIpc) is 2.41. The third-order valence-electron chi connectivity index (χ3n) is 3.93. The number of aromatic nitrogens is 2. The lowest BCUT2D eigenvalue weighted by Gasteiger charge is -2.38. The molecule has 0 aliphatic carbocycles. The number of amides is 1. The van der Waals surface area contributed by atoms with E-state index in [1.807, 2.05) is 24.9 Å². The van der Waals surface area contributed by atoms with Crippen LogP contribution in [0.2, 0.25) is 0 Å². The summed E-state index contributed by atoms with van der Waals surface area (Å²) >= 11 is 0. The Morgan fingerprint density at radius 1 is 1.20 bits per heavy atom. The second kappa shape index (κ2) is 4.06. The summed E-state index contributed by atoms with van der Waals surface area (Å²) in [6.07, 6.45) is 0. The summed E-state index contributed by atoms with van der Waals surface area (Å²) in [4.78, 5) is 34.7. The Balaban J connectivity index is 2.36. The number of nitrogens with one attached hydrogen (secondary N) is 1. The number of aromatic amines is 1. The van der Waals surface area contributed by atoms with Gasteiger partial charge in [-0.05, 0) is 26.0 Å².